The van der Waals surface area contributed by atoms with Crippen molar-refractivity contribution in [2.24, 2.45) is 0 Å². The minimum atomic E-state index is -0.957. The lowest BCUT2D eigenvalue weighted by molar-refractivity contribution is 0.112. The Balaban J connectivity index is 3.09. The molecule has 0 spiro atoms. The molecule has 13 heavy (non-hydrogen) atoms. The molecule has 70 valence electrons. The highest BCUT2D eigenvalue weighted by Crippen LogP contribution is 2.19. The van der Waals surface area contributed by atoms with E-state index >= 15 is 0 Å². The van der Waals surface area contributed by atoms with Crippen molar-refractivity contribution in [2.75, 3.05) is 5.75 Å². The molecule has 1 atom stereocenters. The van der Waals surface area contributed by atoms with E-state index in [1.807, 2.05) is 6.92 Å². The van der Waals surface area contributed by atoms with E-state index in [0.29, 0.717) is 15.8 Å². The molecule has 1 aromatic rings. The van der Waals surface area contributed by atoms with Crippen LogP contribution in [0, 0.1) is 0 Å². The number of benzene rings is 1. The van der Waals surface area contributed by atoms with Crippen LogP contribution < -0.4 is 0 Å². The van der Waals surface area contributed by atoms with E-state index < -0.39 is 10.8 Å². The molecule has 0 bridgehead atoms. The van der Waals surface area contributed by atoms with Gasteiger partial charge in [-0.25, -0.2) is 0 Å². The van der Waals surface area contributed by atoms with Crippen molar-refractivity contribution in [3.63, 3.8) is 0 Å². The maximum absolute atomic E-state index is 11.4. The number of aldehydes is 1. The van der Waals surface area contributed by atoms with Crippen molar-refractivity contribution in [1.29, 1.82) is 0 Å². The van der Waals surface area contributed by atoms with Crippen molar-refractivity contribution in [2.45, 2.75) is 11.8 Å². The second kappa shape index (κ2) is 4.67. The molecule has 0 radical (unpaired) electrons. The average molecular weight is 261 g/mol. The standard InChI is InChI=1S/C9H9BrO2S/c1-2-13(12)8-4-3-7(6-11)9(10)5-8/h3-6H,2H2,1H3. The Morgan fingerprint density at radius 1 is 1.54 bits per heavy atom. The number of halogens is 1. The number of hydrogen-bond donors (Lipinski definition) is 0. The van der Waals surface area contributed by atoms with Crippen molar-refractivity contribution >= 4 is 33.0 Å². The average Bonchev–Trinajstić information content (AvgIpc) is 2.16. The lowest BCUT2D eigenvalue weighted by Gasteiger charge is -2.01. The van der Waals surface area contributed by atoms with Crippen LogP contribution in [0.15, 0.2) is 27.6 Å². The number of rotatable bonds is 3. The Morgan fingerprint density at radius 3 is 2.69 bits per heavy atom. The van der Waals surface area contributed by atoms with Crippen LogP contribution in [-0.4, -0.2) is 16.2 Å². The minimum Gasteiger partial charge on any atom is -0.298 e. The molecule has 1 rings (SSSR count). The van der Waals surface area contributed by atoms with Gasteiger partial charge in [0.15, 0.2) is 6.29 Å². The summed E-state index contributed by atoms with van der Waals surface area (Å²) in [6, 6.07) is 5.11. The first-order valence-corrected chi connectivity index (χ1v) is 5.93. The molecular weight excluding hydrogens is 252 g/mol. The summed E-state index contributed by atoms with van der Waals surface area (Å²) in [5.74, 6) is 0.590. The normalized spacial score (nSPS) is 12.5. The molecule has 0 aliphatic heterocycles. The van der Waals surface area contributed by atoms with Gasteiger partial charge in [0.1, 0.15) is 0 Å². The quantitative estimate of drug-likeness (QED) is 0.783. The Hall–Kier alpha value is -0.480. The van der Waals surface area contributed by atoms with E-state index in [4.69, 9.17) is 0 Å². The first kappa shape index (κ1) is 10.6. The molecule has 1 unspecified atom stereocenters. The lowest BCUT2D eigenvalue weighted by Crippen LogP contribution is -1.94. The molecule has 2 nitrogen and oxygen atoms in total. The van der Waals surface area contributed by atoms with Gasteiger partial charge in [-0.3, -0.25) is 9.00 Å². The molecule has 0 aliphatic carbocycles. The highest BCUT2D eigenvalue weighted by atomic mass is 79.9. The summed E-state index contributed by atoms with van der Waals surface area (Å²) in [4.78, 5) is 11.2. The Bertz CT molecular complexity index is 349. The van der Waals surface area contributed by atoms with Gasteiger partial charge in [-0.05, 0) is 18.2 Å². The van der Waals surface area contributed by atoms with Gasteiger partial charge in [0, 0.05) is 20.7 Å². The van der Waals surface area contributed by atoms with E-state index in [1.165, 1.54) is 0 Å². The van der Waals surface area contributed by atoms with Crippen LogP contribution in [-0.2, 0) is 10.8 Å². The van der Waals surface area contributed by atoms with E-state index in [1.54, 1.807) is 18.2 Å². The van der Waals surface area contributed by atoms with Gasteiger partial charge in [0.25, 0.3) is 0 Å². The third-order valence-electron chi connectivity index (χ3n) is 1.62. The molecule has 1 aromatic carbocycles. The first-order valence-electron chi connectivity index (χ1n) is 3.82. The summed E-state index contributed by atoms with van der Waals surface area (Å²) < 4.78 is 12.1. The van der Waals surface area contributed by atoms with Gasteiger partial charge in [-0.1, -0.05) is 22.9 Å². The molecule has 0 aromatic heterocycles. The molecule has 0 saturated heterocycles. The fourth-order valence-corrected chi connectivity index (χ4v) is 2.34. The highest BCUT2D eigenvalue weighted by Gasteiger charge is 2.04. The molecule has 0 saturated carbocycles. The fraction of sp³-hybridized carbons (Fsp3) is 0.222. The first-order chi connectivity index (χ1) is 6.19. The van der Waals surface area contributed by atoms with Crippen LogP contribution in [0.4, 0.5) is 0 Å². The molecule has 0 fully saturated rings. The zero-order chi connectivity index (χ0) is 9.84. The number of carbonyl (C=O) groups is 1. The smallest absolute Gasteiger partial charge is 0.151 e. The van der Waals surface area contributed by atoms with E-state index in [-0.39, 0.29) is 0 Å². The van der Waals surface area contributed by atoms with Crippen molar-refractivity contribution in [3.8, 4) is 0 Å². The Labute approximate surface area is 87.9 Å². The van der Waals surface area contributed by atoms with Crippen LogP contribution >= 0.6 is 15.9 Å². The third-order valence-corrected chi connectivity index (χ3v) is 3.61. The summed E-state index contributed by atoms with van der Waals surface area (Å²) in [6.07, 6.45) is 0.767. The summed E-state index contributed by atoms with van der Waals surface area (Å²) in [6.45, 7) is 1.86. The van der Waals surface area contributed by atoms with Crippen LogP contribution in [0.5, 0.6) is 0 Å². The van der Waals surface area contributed by atoms with Crippen LogP contribution in [0.3, 0.4) is 0 Å². The van der Waals surface area contributed by atoms with Crippen molar-refractivity contribution in [3.05, 3.63) is 28.2 Å². The van der Waals surface area contributed by atoms with Crippen LogP contribution in [0.2, 0.25) is 0 Å². The monoisotopic (exact) mass is 260 g/mol. The minimum absolute atomic E-state index is 0.580. The molecule has 4 heteroatoms. The van der Waals surface area contributed by atoms with Crippen LogP contribution in [0.25, 0.3) is 0 Å². The SMILES string of the molecule is CCS(=O)c1ccc(C=O)c(Br)c1. The zero-order valence-electron chi connectivity index (χ0n) is 7.12. The van der Waals surface area contributed by atoms with Gasteiger partial charge in [0.05, 0.1) is 10.8 Å². The largest absolute Gasteiger partial charge is 0.298 e. The van der Waals surface area contributed by atoms with E-state index in [9.17, 15) is 9.00 Å². The maximum atomic E-state index is 11.4. The van der Waals surface area contributed by atoms with Crippen molar-refractivity contribution in [1.82, 2.24) is 0 Å². The van der Waals surface area contributed by atoms with E-state index in [2.05, 4.69) is 15.9 Å². The topological polar surface area (TPSA) is 34.1 Å². The Kier molecular flexibility index (Phi) is 3.81. The summed E-state index contributed by atoms with van der Waals surface area (Å²) >= 11 is 3.24. The second-order valence-electron chi connectivity index (χ2n) is 2.44. The predicted octanol–water partition coefficient (Wildman–Crippen LogP) is 2.39. The second-order valence-corrected chi connectivity index (χ2v) is 5.03. The fourth-order valence-electron chi connectivity index (χ4n) is 0.912. The summed E-state index contributed by atoms with van der Waals surface area (Å²) in [5, 5.41) is 0. The molecule has 0 aliphatic rings. The van der Waals surface area contributed by atoms with Gasteiger partial charge >= 0.3 is 0 Å². The summed E-state index contributed by atoms with van der Waals surface area (Å²) in [5.41, 5.74) is 0.580. The van der Waals surface area contributed by atoms with Gasteiger partial charge in [0.2, 0.25) is 0 Å². The summed E-state index contributed by atoms with van der Waals surface area (Å²) in [7, 11) is -0.957. The predicted molar refractivity (Wildman–Crippen MR) is 56.5 cm³/mol. The molecular formula is C9H9BrO2S. The Morgan fingerprint density at radius 2 is 2.23 bits per heavy atom. The van der Waals surface area contributed by atoms with Crippen molar-refractivity contribution < 1.29 is 9.00 Å². The molecule has 0 heterocycles. The lowest BCUT2D eigenvalue weighted by atomic mass is 10.2. The van der Waals surface area contributed by atoms with Crippen LogP contribution in [0.1, 0.15) is 17.3 Å². The molecule has 0 amide bonds. The zero-order valence-corrected chi connectivity index (χ0v) is 9.52. The van der Waals surface area contributed by atoms with E-state index in [0.717, 1.165) is 11.2 Å². The van der Waals surface area contributed by atoms with Gasteiger partial charge in [-0.2, -0.15) is 0 Å². The van der Waals surface area contributed by atoms with Gasteiger partial charge in [-0.15, -0.1) is 0 Å². The van der Waals surface area contributed by atoms with Gasteiger partial charge < -0.3 is 0 Å². The molecule has 0 N–H and O–H groups in total. The number of carbonyl (C=O) groups excluding carboxylic acids is 1. The highest BCUT2D eigenvalue weighted by molar-refractivity contribution is 9.10. The maximum Gasteiger partial charge on any atom is 0.151 e. The third kappa shape index (κ3) is 2.48. The number of hydrogen-bond acceptors (Lipinski definition) is 2.